The van der Waals surface area contributed by atoms with Crippen LogP contribution in [0.1, 0.15) is 29.0 Å². The van der Waals surface area contributed by atoms with Gasteiger partial charge in [-0.05, 0) is 18.6 Å². The van der Waals surface area contributed by atoms with Gasteiger partial charge in [0, 0.05) is 11.5 Å². The molecular formula is C17H18O3. The second-order valence-corrected chi connectivity index (χ2v) is 4.81. The van der Waals surface area contributed by atoms with Crippen LogP contribution in [0.5, 0.6) is 5.75 Å². The van der Waals surface area contributed by atoms with Gasteiger partial charge >= 0.3 is 5.97 Å². The Bertz CT molecular complexity index is 590. The van der Waals surface area contributed by atoms with Gasteiger partial charge in [-0.1, -0.05) is 48.0 Å². The number of aryl methyl sites for hydroxylation is 1. The fraction of sp³-hybridized carbons (Fsp3) is 0.235. The van der Waals surface area contributed by atoms with Gasteiger partial charge in [-0.15, -0.1) is 0 Å². The number of hydrogen-bond acceptors (Lipinski definition) is 2. The number of carbonyl (C=O) groups is 1. The van der Waals surface area contributed by atoms with Crippen LogP contribution in [0.25, 0.3) is 0 Å². The molecule has 0 bridgehead atoms. The van der Waals surface area contributed by atoms with Crippen molar-refractivity contribution in [2.75, 3.05) is 7.11 Å². The zero-order chi connectivity index (χ0) is 14.5. The van der Waals surface area contributed by atoms with Crippen LogP contribution >= 0.6 is 0 Å². The number of carboxylic acids is 1. The standard InChI is InChI=1S/C17H18O3/c1-12-8-9-16(20-2)15(10-12)14(11-17(18)19)13-6-4-3-5-7-13/h3-10,14H,11H2,1-2H3,(H,18,19). The van der Waals surface area contributed by atoms with E-state index in [4.69, 9.17) is 4.74 Å². The minimum Gasteiger partial charge on any atom is -0.496 e. The number of methoxy groups -OCH3 is 1. The van der Waals surface area contributed by atoms with Crippen LogP contribution < -0.4 is 4.74 Å². The van der Waals surface area contributed by atoms with E-state index in [9.17, 15) is 9.90 Å². The van der Waals surface area contributed by atoms with Crippen molar-refractivity contribution in [1.29, 1.82) is 0 Å². The van der Waals surface area contributed by atoms with Crippen LogP contribution in [-0.2, 0) is 4.79 Å². The minimum absolute atomic E-state index is 0.0455. The van der Waals surface area contributed by atoms with Gasteiger partial charge in [-0.3, -0.25) is 4.79 Å². The molecule has 2 aromatic carbocycles. The molecule has 0 fully saturated rings. The Kier molecular flexibility index (Phi) is 4.41. The summed E-state index contributed by atoms with van der Waals surface area (Å²) in [5, 5.41) is 9.20. The Hall–Kier alpha value is -2.29. The molecule has 0 saturated carbocycles. The Morgan fingerprint density at radius 3 is 2.50 bits per heavy atom. The molecule has 0 aromatic heterocycles. The summed E-state index contributed by atoms with van der Waals surface area (Å²) in [6.07, 6.45) is 0.0455. The van der Waals surface area contributed by atoms with Crippen molar-refractivity contribution < 1.29 is 14.6 Å². The summed E-state index contributed by atoms with van der Waals surface area (Å²) >= 11 is 0. The lowest BCUT2D eigenvalue weighted by molar-refractivity contribution is -0.137. The number of hydrogen-bond donors (Lipinski definition) is 1. The van der Waals surface area contributed by atoms with E-state index in [2.05, 4.69) is 0 Å². The fourth-order valence-corrected chi connectivity index (χ4v) is 2.39. The van der Waals surface area contributed by atoms with Gasteiger partial charge in [0.2, 0.25) is 0 Å². The van der Waals surface area contributed by atoms with Crippen molar-refractivity contribution in [3.05, 3.63) is 65.2 Å². The van der Waals surface area contributed by atoms with Gasteiger partial charge in [0.1, 0.15) is 5.75 Å². The molecule has 0 saturated heterocycles. The highest BCUT2D eigenvalue weighted by atomic mass is 16.5. The molecule has 104 valence electrons. The van der Waals surface area contributed by atoms with Crippen LogP contribution in [0.15, 0.2) is 48.5 Å². The molecular weight excluding hydrogens is 252 g/mol. The maximum atomic E-state index is 11.2. The maximum absolute atomic E-state index is 11.2. The zero-order valence-corrected chi connectivity index (χ0v) is 11.7. The van der Waals surface area contributed by atoms with Crippen molar-refractivity contribution >= 4 is 5.97 Å². The number of rotatable bonds is 5. The van der Waals surface area contributed by atoms with Gasteiger partial charge in [0.15, 0.2) is 0 Å². The molecule has 0 heterocycles. The number of benzene rings is 2. The molecule has 1 unspecified atom stereocenters. The summed E-state index contributed by atoms with van der Waals surface area (Å²) in [4.78, 5) is 11.2. The first-order valence-corrected chi connectivity index (χ1v) is 6.53. The zero-order valence-electron chi connectivity index (χ0n) is 11.7. The highest BCUT2D eigenvalue weighted by molar-refractivity contribution is 5.69. The van der Waals surface area contributed by atoms with Gasteiger partial charge in [-0.25, -0.2) is 0 Å². The molecule has 0 radical (unpaired) electrons. The van der Waals surface area contributed by atoms with Crippen molar-refractivity contribution in [3.63, 3.8) is 0 Å². The molecule has 1 atom stereocenters. The lowest BCUT2D eigenvalue weighted by Gasteiger charge is -2.19. The van der Waals surface area contributed by atoms with Gasteiger partial charge in [0.05, 0.1) is 13.5 Å². The molecule has 20 heavy (non-hydrogen) atoms. The molecule has 0 aliphatic carbocycles. The molecule has 0 amide bonds. The van der Waals surface area contributed by atoms with Crippen LogP contribution in [0, 0.1) is 6.92 Å². The second-order valence-electron chi connectivity index (χ2n) is 4.81. The van der Waals surface area contributed by atoms with E-state index in [0.717, 1.165) is 22.4 Å². The summed E-state index contributed by atoms with van der Waals surface area (Å²) in [5.74, 6) is -0.295. The lowest BCUT2D eigenvalue weighted by Crippen LogP contribution is -2.09. The van der Waals surface area contributed by atoms with E-state index in [1.807, 2.05) is 55.5 Å². The molecule has 0 aliphatic heterocycles. The normalized spacial score (nSPS) is 11.9. The average molecular weight is 270 g/mol. The minimum atomic E-state index is -0.817. The molecule has 2 aromatic rings. The quantitative estimate of drug-likeness (QED) is 0.902. The van der Waals surface area contributed by atoms with Crippen LogP contribution in [0.4, 0.5) is 0 Å². The second kappa shape index (κ2) is 6.24. The smallest absolute Gasteiger partial charge is 0.304 e. The van der Waals surface area contributed by atoms with E-state index < -0.39 is 5.97 Å². The largest absolute Gasteiger partial charge is 0.496 e. The third kappa shape index (κ3) is 3.18. The Morgan fingerprint density at radius 2 is 1.90 bits per heavy atom. The van der Waals surface area contributed by atoms with Crippen LogP contribution in [0.3, 0.4) is 0 Å². The monoisotopic (exact) mass is 270 g/mol. The predicted molar refractivity (Wildman–Crippen MR) is 78.3 cm³/mol. The van der Waals surface area contributed by atoms with Crippen molar-refractivity contribution in [1.82, 2.24) is 0 Å². The Balaban J connectivity index is 2.51. The van der Waals surface area contributed by atoms with E-state index >= 15 is 0 Å². The van der Waals surface area contributed by atoms with E-state index in [0.29, 0.717) is 0 Å². The van der Waals surface area contributed by atoms with Crippen LogP contribution in [0.2, 0.25) is 0 Å². The Labute approximate surface area is 118 Å². The summed E-state index contributed by atoms with van der Waals surface area (Å²) in [6.45, 7) is 1.99. The van der Waals surface area contributed by atoms with E-state index in [-0.39, 0.29) is 12.3 Å². The molecule has 2 rings (SSSR count). The molecule has 0 aliphatic rings. The van der Waals surface area contributed by atoms with Crippen molar-refractivity contribution in [2.24, 2.45) is 0 Å². The lowest BCUT2D eigenvalue weighted by atomic mass is 9.87. The molecule has 3 nitrogen and oxygen atoms in total. The first kappa shape index (κ1) is 14.1. The summed E-state index contributed by atoms with van der Waals surface area (Å²) in [6, 6.07) is 15.5. The van der Waals surface area contributed by atoms with Crippen molar-refractivity contribution in [2.45, 2.75) is 19.3 Å². The van der Waals surface area contributed by atoms with Gasteiger partial charge in [0.25, 0.3) is 0 Å². The third-order valence-electron chi connectivity index (χ3n) is 3.34. The van der Waals surface area contributed by atoms with E-state index in [1.165, 1.54) is 0 Å². The number of ether oxygens (including phenoxy) is 1. The fourth-order valence-electron chi connectivity index (χ4n) is 2.39. The van der Waals surface area contributed by atoms with Crippen molar-refractivity contribution in [3.8, 4) is 5.75 Å². The van der Waals surface area contributed by atoms with Gasteiger partial charge in [-0.2, -0.15) is 0 Å². The summed E-state index contributed by atoms with van der Waals surface area (Å²) in [5.41, 5.74) is 2.99. The predicted octanol–water partition coefficient (Wildman–Crippen LogP) is 3.61. The number of aliphatic carboxylic acids is 1. The highest BCUT2D eigenvalue weighted by Gasteiger charge is 2.21. The Morgan fingerprint density at radius 1 is 1.20 bits per heavy atom. The summed E-state index contributed by atoms with van der Waals surface area (Å²) in [7, 11) is 1.61. The van der Waals surface area contributed by atoms with Gasteiger partial charge < -0.3 is 9.84 Å². The van der Waals surface area contributed by atoms with Crippen LogP contribution in [-0.4, -0.2) is 18.2 Å². The van der Waals surface area contributed by atoms with E-state index in [1.54, 1.807) is 7.11 Å². The SMILES string of the molecule is COc1ccc(C)cc1C(CC(=O)O)c1ccccc1. The maximum Gasteiger partial charge on any atom is 0.304 e. The molecule has 1 N–H and O–H groups in total. The number of carboxylic acid groups (broad SMARTS) is 1. The average Bonchev–Trinajstić information content (AvgIpc) is 2.45. The molecule has 3 heteroatoms. The third-order valence-corrected chi connectivity index (χ3v) is 3.34. The highest BCUT2D eigenvalue weighted by Crippen LogP contribution is 2.35. The first-order valence-electron chi connectivity index (χ1n) is 6.53. The topological polar surface area (TPSA) is 46.5 Å². The first-order chi connectivity index (χ1) is 9.61. The molecule has 0 spiro atoms. The summed E-state index contributed by atoms with van der Waals surface area (Å²) < 4.78 is 5.39.